The zero-order valence-corrected chi connectivity index (χ0v) is 13.0. The molecular formula is C14H27N3O3. The zero-order valence-electron chi connectivity index (χ0n) is 13.0. The van der Waals surface area contributed by atoms with Crippen LogP contribution in [-0.4, -0.2) is 85.0 Å². The second-order valence-electron chi connectivity index (χ2n) is 5.89. The van der Waals surface area contributed by atoms with E-state index in [4.69, 9.17) is 5.11 Å². The summed E-state index contributed by atoms with van der Waals surface area (Å²) in [6, 6.07) is 0. The van der Waals surface area contributed by atoms with Crippen molar-refractivity contribution in [3.05, 3.63) is 0 Å². The highest BCUT2D eigenvalue weighted by Gasteiger charge is 2.30. The lowest BCUT2D eigenvalue weighted by atomic mass is 9.94. The Hall–Kier alpha value is -1.14. The van der Waals surface area contributed by atoms with Gasteiger partial charge in [0, 0.05) is 45.2 Å². The highest BCUT2D eigenvalue weighted by Crippen LogP contribution is 2.16. The summed E-state index contributed by atoms with van der Waals surface area (Å²) in [5.74, 6) is -2.03. The molecule has 20 heavy (non-hydrogen) atoms. The van der Waals surface area contributed by atoms with Crippen molar-refractivity contribution < 1.29 is 14.7 Å². The van der Waals surface area contributed by atoms with Gasteiger partial charge in [0.2, 0.25) is 5.91 Å². The Bertz CT molecular complexity index is 339. The average Bonchev–Trinajstić information content (AvgIpc) is 2.43. The van der Waals surface area contributed by atoms with Gasteiger partial charge in [-0.15, -0.1) is 0 Å². The largest absolute Gasteiger partial charge is 0.481 e. The maximum atomic E-state index is 12.3. The number of rotatable bonds is 6. The SMILES string of the molecule is CC(C(=O)O)C(C)C(=O)N1CCN(CCN(C)C)CC1. The molecule has 1 N–H and O–H groups in total. The van der Waals surface area contributed by atoms with Gasteiger partial charge in [-0.05, 0) is 14.1 Å². The molecule has 2 atom stereocenters. The second kappa shape index (κ2) is 7.59. The lowest BCUT2D eigenvalue weighted by Crippen LogP contribution is -2.52. The molecule has 0 saturated carbocycles. The summed E-state index contributed by atoms with van der Waals surface area (Å²) in [7, 11) is 4.10. The number of carboxylic acids is 1. The van der Waals surface area contributed by atoms with E-state index < -0.39 is 17.8 Å². The first-order chi connectivity index (χ1) is 9.32. The summed E-state index contributed by atoms with van der Waals surface area (Å²) in [4.78, 5) is 29.5. The summed E-state index contributed by atoms with van der Waals surface area (Å²) >= 11 is 0. The minimum absolute atomic E-state index is 0.0350. The maximum Gasteiger partial charge on any atom is 0.307 e. The van der Waals surface area contributed by atoms with Gasteiger partial charge >= 0.3 is 5.97 Å². The quantitative estimate of drug-likeness (QED) is 0.747. The van der Waals surface area contributed by atoms with Gasteiger partial charge in [0.15, 0.2) is 0 Å². The number of piperazine rings is 1. The van der Waals surface area contributed by atoms with Crippen molar-refractivity contribution in [1.82, 2.24) is 14.7 Å². The van der Waals surface area contributed by atoms with E-state index in [0.717, 1.165) is 26.2 Å². The lowest BCUT2D eigenvalue weighted by molar-refractivity contribution is -0.149. The van der Waals surface area contributed by atoms with Crippen molar-refractivity contribution in [3.63, 3.8) is 0 Å². The Morgan fingerprint density at radius 2 is 1.65 bits per heavy atom. The van der Waals surface area contributed by atoms with Crippen LogP contribution in [-0.2, 0) is 9.59 Å². The average molecular weight is 285 g/mol. The smallest absolute Gasteiger partial charge is 0.307 e. The van der Waals surface area contributed by atoms with Crippen LogP contribution >= 0.6 is 0 Å². The molecular weight excluding hydrogens is 258 g/mol. The Kier molecular flexibility index (Phi) is 6.42. The van der Waals surface area contributed by atoms with Crippen LogP contribution in [0, 0.1) is 11.8 Å². The van der Waals surface area contributed by atoms with Crippen molar-refractivity contribution in [3.8, 4) is 0 Å². The van der Waals surface area contributed by atoms with Crippen LogP contribution in [0.4, 0.5) is 0 Å². The first kappa shape index (κ1) is 16.9. The predicted molar refractivity (Wildman–Crippen MR) is 77.5 cm³/mol. The summed E-state index contributed by atoms with van der Waals surface area (Å²) < 4.78 is 0. The molecule has 116 valence electrons. The number of carbonyl (C=O) groups excluding carboxylic acids is 1. The molecule has 1 aliphatic heterocycles. The van der Waals surface area contributed by atoms with E-state index in [2.05, 4.69) is 23.9 Å². The Balaban J connectivity index is 2.41. The molecule has 1 aliphatic rings. The Labute approximate surface area is 121 Å². The third kappa shape index (κ3) is 4.76. The van der Waals surface area contributed by atoms with Crippen molar-refractivity contribution in [2.24, 2.45) is 11.8 Å². The number of hydrogen-bond acceptors (Lipinski definition) is 4. The summed E-state index contributed by atoms with van der Waals surface area (Å²) in [6.45, 7) is 8.46. The second-order valence-corrected chi connectivity index (χ2v) is 5.89. The lowest BCUT2D eigenvalue weighted by Gasteiger charge is -2.36. The van der Waals surface area contributed by atoms with Crippen LogP contribution in [0.3, 0.4) is 0 Å². The minimum atomic E-state index is -0.907. The third-order valence-electron chi connectivity index (χ3n) is 4.08. The fourth-order valence-electron chi connectivity index (χ4n) is 2.25. The zero-order chi connectivity index (χ0) is 15.3. The number of carbonyl (C=O) groups is 2. The van der Waals surface area contributed by atoms with Gasteiger partial charge in [-0.3, -0.25) is 14.5 Å². The van der Waals surface area contributed by atoms with E-state index >= 15 is 0 Å². The van der Waals surface area contributed by atoms with E-state index in [1.807, 2.05) is 0 Å². The molecule has 1 fully saturated rings. The monoisotopic (exact) mass is 285 g/mol. The van der Waals surface area contributed by atoms with Gasteiger partial charge < -0.3 is 14.9 Å². The van der Waals surface area contributed by atoms with E-state index in [-0.39, 0.29) is 5.91 Å². The molecule has 2 unspecified atom stereocenters. The maximum absolute atomic E-state index is 12.3. The fourth-order valence-corrected chi connectivity index (χ4v) is 2.25. The minimum Gasteiger partial charge on any atom is -0.481 e. The number of carboxylic acid groups (broad SMARTS) is 1. The molecule has 1 heterocycles. The van der Waals surface area contributed by atoms with E-state index in [1.165, 1.54) is 0 Å². The van der Waals surface area contributed by atoms with Gasteiger partial charge in [0.1, 0.15) is 0 Å². The van der Waals surface area contributed by atoms with Crippen molar-refractivity contribution in [2.45, 2.75) is 13.8 Å². The van der Waals surface area contributed by atoms with E-state index in [1.54, 1.807) is 18.7 Å². The molecule has 0 aliphatic carbocycles. The molecule has 6 heteroatoms. The molecule has 0 spiro atoms. The normalized spacial score (nSPS) is 19.9. The van der Waals surface area contributed by atoms with E-state index in [9.17, 15) is 9.59 Å². The third-order valence-corrected chi connectivity index (χ3v) is 4.08. The van der Waals surface area contributed by atoms with Gasteiger partial charge in [-0.2, -0.15) is 0 Å². The number of nitrogens with zero attached hydrogens (tertiary/aromatic N) is 3. The Morgan fingerprint density at radius 3 is 2.10 bits per heavy atom. The van der Waals surface area contributed by atoms with Gasteiger partial charge in [0.05, 0.1) is 5.92 Å². The van der Waals surface area contributed by atoms with Crippen molar-refractivity contribution in [1.29, 1.82) is 0 Å². The number of likely N-dealkylation sites (N-methyl/N-ethyl adjacent to an activating group) is 1. The topological polar surface area (TPSA) is 64.1 Å². The first-order valence-electron chi connectivity index (χ1n) is 7.21. The van der Waals surface area contributed by atoms with Crippen LogP contribution in [0.5, 0.6) is 0 Å². The van der Waals surface area contributed by atoms with Gasteiger partial charge in [-0.25, -0.2) is 0 Å². The highest BCUT2D eigenvalue weighted by molar-refractivity contribution is 5.84. The summed E-state index contributed by atoms with van der Waals surface area (Å²) in [5, 5.41) is 8.98. The van der Waals surface area contributed by atoms with Crippen LogP contribution in [0.2, 0.25) is 0 Å². The summed E-state index contributed by atoms with van der Waals surface area (Å²) in [6.07, 6.45) is 0. The van der Waals surface area contributed by atoms with E-state index in [0.29, 0.717) is 13.1 Å². The standard InChI is InChI=1S/C14H27N3O3/c1-11(12(2)14(19)20)13(18)17-9-7-16(8-10-17)6-5-15(3)4/h11-12H,5-10H2,1-4H3,(H,19,20). The highest BCUT2D eigenvalue weighted by atomic mass is 16.4. The van der Waals surface area contributed by atoms with Crippen molar-refractivity contribution in [2.75, 3.05) is 53.4 Å². The first-order valence-corrected chi connectivity index (χ1v) is 7.21. The van der Waals surface area contributed by atoms with Crippen LogP contribution in [0.25, 0.3) is 0 Å². The molecule has 0 bridgehead atoms. The number of hydrogen-bond donors (Lipinski definition) is 1. The van der Waals surface area contributed by atoms with Crippen molar-refractivity contribution >= 4 is 11.9 Å². The predicted octanol–water partition coefficient (Wildman–Crippen LogP) is 0.0490. The van der Waals surface area contributed by atoms with Gasteiger partial charge in [0.25, 0.3) is 0 Å². The molecule has 0 aromatic carbocycles. The summed E-state index contributed by atoms with van der Waals surface area (Å²) in [5.41, 5.74) is 0. The van der Waals surface area contributed by atoms with Gasteiger partial charge in [-0.1, -0.05) is 13.8 Å². The van der Waals surface area contributed by atoms with Crippen LogP contribution in [0.15, 0.2) is 0 Å². The molecule has 0 aromatic heterocycles. The molecule has 0 aromatic rings. The number of amides is 1. The molecule has 1 saturated heterocycles. The Morgan fingerprint density at radius 1 is 1.10 bits per heavy atom. The van der Waals surface area contributed by atoms with Crippen LogP contribution in [0.1, 0.15) is 13.8 Å². The fraction of sp³-hybridized carbons (Fsp3) is 0.857. The number of aliphatic carboxylic acids is 1. The molecule has 1 amide bonds. The molecule has 0 radical (unpaired) electrons. The molecule has 1 rings (SSSR count). The molecule has 6 nitrogen and oxygen atoms in total. The van der Waals surface area contributed by atoms with Crippen LogP contribution < -0.4 is 0 Å².